The molecule has 0 aliphatic heterocycles. The molecule has 0 fully saturated rings. The van der Waals surface area contributed by atoms with Crippen molar-refractivity contribution < 1.29 is 0 Å². The minimum atomic E-state index is -0.0292. The van der Waals surface area contributed by atoms with Crippen molar-refractivity contribution in [1.82, 2.24) is 9.38 Å². The normalized spacial score (nSPS) is 12.5. The number of fused-ring (bicyclic) bond motifs is 1. The monoisotopic (exact) mass is 436 g/mol. The predicted octanol–water partition coefficient (Wildman–Crippen LogP) is 5.94. The number of rotatable bonds is 3. The van der Waals surface area contributed by atoms with E-state index < -0.39 is 0 Å². The van der Waals surface area contributed by atoms with Gasteiger partial charge in [-0.15, -0.1) is 0 Å². The molecule has 3 aromatic carbocycles. The van der Waals surface area contributed by atoms with Crippen LogP contribution in [0.25, 0.3) is 33.6 Å². The standard InChI is InChI=1S/C28H24N2OS/c1-28(2,3)22-16-14-19(15-17-22)18-23-26(31)30-25(21-12-8-5-9-13-21)24(29-27(30)32-23)20-10-6-4-7-11-20/h4-18H,1-3H3. The summed E-state index contributed by atoms with van der Waals surface area (Å²) >= 11 is 1.44. The molecule has 0 aliphatic carbocycles. The summed E-state index contributed by atoms with van der Waals surface area (Å²) < 4.78 is 2.45. The molecule has 158 valence electrons. The Balaban J connectivity index is 1.70. The molecule has 0 unspecified atom stereocenters. The van der Waals surface area contributed by atoms with Crippen molar-refractivity contribution in [2.45, 2.75) is 26.2 Å². The number of hydrogen-bond acceptors (Lipinski definition) is 3. The molecule has 2 aromatic heterocycles. The Morgan fingerprint density at radius 1 is 0.812 bits per heavy atom. The predicted molar refractivity (Wildman–Crippen MR) is 134 cm³/mol. The van der Waals surface area contributed by atoms with Crippen molar-refractivity contribution in [3.8, 4) is 22.5 Å². The Bertz CT molecular complexity index is 1490. The Morgan fingerprint density at radius 2 is 1.41 bits per heavy atom. The Hall–Kier alpha value is -3.50. The molecule has 4 heteroatoms. The minimum Gasteiger partial charge on any atom is -0.267 e. The molecule has 0 N–H and O–H groups in total. The van der Waals surface area contributed by atoms with E-state index in [1.54, 1.807) is 4.40 Å². The fraction of sp³-hybridized carbons (Fsp3) is 0.143. The maximum atomic E-state index is 13.5. The molecule has 0 amide bonds. The van der Waals surface area contributed by atoms with E-state index in [0.29, 0.717) is 9.49 Å². The van der Waals surface area contributed by atoms with Crippen LogP contribution in [0.3, 0.4) is 0 Å². The summed E-state index contributed by atoms with van der Waals surface area (Å²) in [5, 5.41) is 0. The highest BCUT2D eigenvalue weighted by Crippen LogP contribution is 2.32. The SMILES string of the molecule is CC(C)(C)c1ccc(C=c2sc3nc(-c4ccccc4)c(-c4ccccc4)n3c2=O)cc1. The lowest BCUT2D eigenvalue weighted by Gasteiger charge is -2.18. The number of thiazole rings is 1. The zero-order chi connectivity index (χ0) is 22.3. The molecule has 32 heavy (non-hydrogen) atoms. The third-order valence-corrected chi connectivity index (χ3v) is 6.60. The second kappa shape index (κ2) is 7.88. The average molecular weight is 437 g/mol. The summed E-state index contributed by atoms with van der Waals surface area (Å²) in [7, 11) is 0. The van der Waals surface area contributed by atoms with Crippen molar-refractivity contribution in [2.24, 2.45) is 0 Å². The fourth-order valence-corrected chi connectivity index (χ4v) is 4.86. The number of benzene rings is 3. The summed E-state index contributed by atoms with van der Waals surface area (Å²) in [5.41, 5.74) is 6.03. The molecule has 2 heterocycles. The van der Waals surface area contributed by atoms with Crippen LogP contribution in [-0.4, -0.2) is 9.38 Å². The zero-order valence-electron chi connectivity index (χ0n) is 18.4. The molecule has 5 aromatic rings. The fourth-order valence-electron chi connectivity index (χ4n) is 3.89. The van der Waals surface area contributed by atoms with E-state index in [1.807, 2.05) is 66.7 Å². The number of nitrogens with zero attached hydrogens (tertiary/aromatic N) is 2. The molecular weight excluding hydrogens is 412 g/mol. The number of imidazole rings is 1. The van der Waals surface area contributed by atoms with Crippen LogP contribution in [-0.2, 0) is 5.41 Å². The van der Waals surface area contributed by atoms with Crippen molar-refractivity contribution >= 4 is 22.4 Å². The second-order valence-corrected chi connectivity index (χ2v) is 9.96. The van der Waals surface area contributed by atoms with Gasteiger partial charge in [0.1, 0.15) is 0 Å². The van der Waals surface area contributed by atoms with Gasteiger partial charge >= 0.3 is 0 Å². The topological polar surface area (TPSA) is 34.4 Å². The third-order valence-electron chi connectivity index (χ3n) is 5.63. The van der Waals surface area contributed by atoms with Gasteiger partial charge in [-0.3, -0.25) is 4.79 Å². The molecule has 0 aliphatic rings. The first-order valence-corrected chi connectivity index (χ1v) is 11.5. The summed E-state index contributed by atoms with van der Waals surface area (Å²) in [6, 6.07) is 28.5. The van der Waals surface area contributed by atoms with Crippen LogP contribution in [0.4, 0.5) is 0 Å². The van der Waals surface area contributed by atoms with Crippen LogP contribution in [0.2, 0.25) is 0 Å². The van der Waals surface area contributed by atoms with Crippen molar-refractivity contribution in [1.29, 1.82) is 0 Å². The van der Waals surface area contributed by atoms with Crippen LogP contribution < -0.4 is 10.1 Å². The van der Waals surface area contributed by atoms with Crippen LogP contribution in [0, 0.1) is 0 Å². The quantitative estimate of drug-likeness (QED) is 0.351. The van der Waals surface area contributed by atoms with Gasteiger partial charge in [-0.2, -0.15) is 0 Å². The van der Waals surface area contributed by atoms with Crippen molar-refractivity contribution in [3.63, 3.8) is 0 Å². The largest absolute Gasteiger partial charge is 0.274 e. The average Bonchev–Trinajstić information content (AvgIpc) is 3.31. The highest BCUT2D eigenvalue weighted by molar-refractivity contribution is 7.15. The van der Waals surface area contributed by atoms with Gasteiger partial charge in [0.15, 0.2) is 4.96 Å². The lowest BCUT2D eigenvalue weighted by Crippen LogP contribution is -2.23. The van der Waals surface area contributed by atoms with Crippen LogP contribution in [0.1, 0.15) is 31.9 Å². The molecular formula is C28H24N2OS. The number of aromatic nitrogens is 2. The third kappa shape index (κ3) is 3.67. The van der Waals surface area contributed by atoms with Crippen molar-refractivity contribution in [3.05, 3.63) is 111 Å². The molecule has 0 radical (unpaired) electrons. The second-order valence-electron chi connectivity index (χ2n) is 8.95. The lowest BCUT2D eigenvalue weighted by molar-refractivity contribution is 0.590. The maximum Gasteiger partial charge on any atom is 0.274 e. The van der Waals surface area contributed by atoms with Gasteiger partial charge in [0.2, 0.25) is 0 Å². The molecule has 0 atom stereocenters. The van der Waals surface area contributed by atoms with E-state index in [0.717, 1.165) is 28.1 Å². The lowest BCUT2D eigenvalue weighted by atomic mass is 9.87. The van der Waals surface area contributed by atoms with Gasteiger partial charge in [-0.1, -0.05) is 117 Å². The van der Waals surface area contributed by atoms with Crippen LogP contribution in [0.15, 0.2) is 89.7 Å². The van der Waals surface area contributed by atoms with E-state index in [2.05, 4.69) is 45.0 Å². The maximum absolute atomic E-state index is 13.5. The van der Waals surface area contributed by atoms with E-state index in [4.69, 9.17) is 4.98 Å². The summed E-state index contributed by atoms with van der Waals surface area (Å²) in [4.78, 5) is 19.1. The van der Waals surface area contributed by atoms with Gasteiger partial charge in [-0.05, 0) is 22.6 Å². The van der Waals surface area contributed by atoms with Gasteiger partial charge in [0.25, 0.3) is 5.56 Å². The molecule has 3 nitrogen and oxygen atoms in total. The molecule has 0 saturated carbocycles. The summed E-state index contributed by atoms with van der Waals surface area (Å²) in [6.45, 7) is 6.60. The Kier molecular flexibility index (Phi) is 5.03. The Morgan fingerprint density at radius 3 is 2.00 bits per heavy atom. The Labute approximate surface area is 191 Å². The van der Waals surface area contributed by atoms with Crippen LogP contribution in [0.5, 0.6) is 0 Å². The van der Waals surface area contributed by atoms with E-state index in [-0.39, 0.29) is 11.0 Å². The summed E-state index contributed by atoms with van der Waals surface area (Å²) in [5.74, 6) is 0. The minimum absolute atomic E-state index is 0.0292. The highest BCUT2D eigenvalue weighted by atomic mass is 32.1. The first-order chi connectivity index (χ1) is 15.4. The molecule has 0 saturated heterocycles. The van der Waals surface area contributed by atoms with Gasteiger partial charge < -0.3 is 0 Å². The van der Waals surface area contributed by atoms with Crippen LogP contribution >= 0.6 is 11.3 Å². The van der Waals surface area contributed by atoms with Gasteiger partial charge in [-0.25, -0.2) is 9.38 Å². The smallest absolute Gasteiger partial charge is 0.267 e. The first-order valence-electron chi connectivity index (χ1n) is 10.7. The van der Waals surface area contributed by atoms with Gasteiger partial charge in [0.05, 0.1) is 15.9 Å². The van der Waals surface area contributed by atoms with Gasteiger partial charge in [0, 0.05) is 11.1 Å². The molecule has 0 bridgehead atoms. The van der Waals surface area contributed by atoms with E-state index in [9.17, 15) is 4.79 Å². The van der Waals surface area contributed by atoms with Crippen molar-refractivity contribution in [2.75, 3.05) is 0 Å². The van der Waals surface area contributed by atoms with E-state index >= 15 is 0 Å². The number of hydrogen-bond donors (Lipinski definition) is 0. The first kappa shape index (κ1) is 20.4. The van der Waals surface area contributed by atoms with E-state index in [1.165, 1.54) is 16.9 Å². The summed E-state index contributed by atoms with van der Waals surface area (Å²) in [6.07, 6.45) is 1.96. The molecule has 0 spiro atoms. The highest BCUT2D eigenvalue weighted by Gasteiger charge is 2.20. The zero-order valence-corrected chi connectivity index (χ0v) is 19.2. The molecule has 5 rings (SSSR count).